The number of benzene rings is 1. The Morgan fingerprint density at radius 2 is 1.80 bits per heavy atom. The van der Waals surface area contributed by atoms with Crippen molar-refractivity contribution in [1.82, 2.24) is 9.21 Å². The van der Waals surface area contributed by atoms with E-state index < -0.39 is 10.0 Å². The van der Waals surface area contributed by atoms with Crippen LogP contribution >= 0.6 is 0 Å². The van der Waals surface area contributed by atoms with Crippen molar-refractivity contribution in [2.75, 3.05) is 52.8 Å². The van der Waals surface area contributed by atoms with Crippen molar-refractivity contribution in [3.05, 3.63) is 29.8 Å². The number of rotatable bonds is 7. The monoisotopic (exact) mass is 370 g/mol. The highest BCUT2D eigenvalue weighted by atomic mass is 32.2. The van der Waals surface area contributed by atoms with E-state index in [0.29, 0.717) is 39.0 Å². The van der Waals surface area contributed by atoms with Crippen molar-refractivity contribution >= 4 is 15.9 Å². The van der Waals surface area contributed by atoms with Crippen molar-refractivity contribution in [3.63, 3.8) is 0 Å². The van der Waals surface area contributed by atoms with Crippen molar-refractivity contribution < 1.29 is 22.7 Å². The molecule has 0 atom stereocenters. The summed E-state index contributed by atoms with van der Waals surface area (Å²) in [5.41, 5.74) is 0.916. The molecule has 0 aromatic heterocycles. The number of hydrogen-bond acceptors (Lipinski definition) is 5. The zero-order chi connectivity index (χ0) is 18.3. The Hall–Kier alpha value is -1.64. The molecule has 0 spiro atoms. The van der Waals surface area contributed by atoms with E-state index in [1.54, 1.807) is 12.0 Å². The molecule has 1 aliphatic heterocycles. The van der Waals surface area contributed by atoms with E-state index in [1.807, 2.05) is 24.3 Å². The molecular formula is C17H26N2O5S. The van der Waals surface area contributed by atoms with Crippen LogP contribution < -0.4 is 4.74 Å². The van der Waals surface area contributed by atoms with Crippen molar-refractivity contribution in [2.24, 2.45) is 0 Å². The van der Waals surface area contributed by atoms with Gasteiger partial charge in [0.05, 0.1) is 25.9 Å². The minimum atomic E-state index is -3.33. The van der Waals surface area contributed by atoms with Crippen LogP contribution in [0.25, 0.3) is 0 Å². The average Bonchev–Trinajstić information content (AvgIpc) is 2.87. The van der Waals surface area contributed by atoms with Crippen LogP contribution in [0.3, 0.4) is 0 Å². The normalized spacial score (nSPS) is 16.5. The molecule has 8 heteroatoms. The van der Waals surface area contributed by atoms with E-state index in [-0.39, 0.29) is 18.3 Å². The molecule has 1 fully saturated rings. The van der Waals surface area contributed by atoms with Gasteiger partial charge in [-0.3, -0.25) is 4.79 Å². The second kappa shape index (κ2) is 9.17. The first kappa shape index (κ1) is 19.7. The number of carbonyl (C=O) groups excluding carboxylic acids is 1. The van der Waals surface area contributed by atoms with Gasteiger partial charge in [-0.2, -0.15) is 0 Å². The third-order valence-corrected chi connectivity index (χ3v) is 6.10. The van der Waals surface area contributed by atoms with Crippen molar-refractivity contribution in [1.29, 1.82) is 0 Å². The van der Waals surface area contributed by atoms with Crippen LogP contribution in [0.1, 0.15) is 12.0 Å². The van der Waals surface area contributed by atoms with Gasteiger partial charge in [0, 0.05) is 33.3 Å². The fraction of sp³-hybridized carbons (Fsp3) is 0.588. The molecule has 1 aromatic carbocycles. The summed E-state index contributed by atoms with van der Waals surface area (Å²) in [6, 6.07) is 7.40. The number of carbonyl (C=O) groups is 1. The Balaban J connectivity index is 1.92. The van der Waals surface area contributed by atoms with E-state index in [4.69, 9.17) is 9.47 Å². The first-order valence-electron chi connectivity index (χ1n) is 8.33. The van der Waals surface area contributed by atoms with Crippen LogP contribution in [0.4, 0.5) is 0 Å². The lowest BCUT2D eigenvalue weighted by Crippen LogP contribution is -2.39. The van der Waals surface area contributed by atoms with Gasteiger partial charge in [0.1, 0.15) is 5.75 Å². The average molecular weight is 370 g/mol. The summed E-state index contributed by atoms with van der Waals surface area (Å²) in [7, 11) is -0.243. The van der Waals surface area contributed by atoms with Gasteiger partial charge in [-0.1, -0.05) is 12.1 Å². The Bertz CT molecular complexity index is 660. The summed E-state index contributed by atoms with van der Waals surface area (Å²) in [6.45, 7) is 1.95. The molecule has 1 heterocycles. The maximum Gasteiger partial charge on any atom is 0.227 e. The van der Waals surface area contributed by atoms with Crippen LogP contribution in [0.15, 0.2) is 24.3 Å². The van der Waals surface area contributed by atoms with Crippen LogP contribution in [0.5, 0.6) is 5.75 Å². The number of hydrogen-bond donors (Lipinski definition) is 0. The van der Waals surface area contributed by atoms with E-state index in [9.17, 15) is 13.2 Å². The highest BCUT2D eigenvalue weighted by molar-refractivity contribution is 7.89. The van der Waals surface area contributed by atoms with Crippen LogP contribution in [-0.4, -0.2) is 76.3 Å². The molecule has 0 N–H and O–H groups in total. The Kier molecular flexibility index (Phi) is 7.22. The number of nitrogens with zero attached hydrogens (tertiary/aromatic N) is 2. The van der Waals surface area contributed by atoms with E-state index >= 15 is 0 Å². The Morgan fingerprint density at radius 3 is 2.44 bits per heavy atom. The predicted octanol–water partition coefficient (Wildman–Crippen LogP) is 0.748. The van der Waals surface area contributed by atoms with Gasteiger partial charge in [-0.05, 0) is 24.1 Å². The number of ether oxygens (including phenoxy) is 2. The molecule has 1 saturated heterocycles. The van der Waals surface area contributed by atoms with Gasteiger partial charge in [0.2, 0.25) is 15.9 Å². The molecule has 0 aliphatic carbocycles. The fourth-order valence-electron chi connectivity index (χ4n) is 2.77. The quantitative estimate of drug-likeness (QED) is 0.708. The minimum absolute atomic E-state index is 0.0151. The summed E-state index contributed by atoms with van der Waals surface area (Å²) in [5, 5.41) is 0. The molecular weight excluding hydrogens is 344 g/mol. The second-order valence-electron chi connectivity index (χ2n) is 5.97. The van der Waals surface area contributed by atoms with Crippen molar-refractivity contribution in [3.8, 4) is 5.75 Å². The number of methoxy groups -OCH3 is 2. The van der Waals surface area contributed by atoms with Gasteiger partial charge >= 0.3 is 0 Å². The summed E-state index contributed by atoms with van der Waals surface area (Å²) in [4.78, 5) is 14.3. The van der Waals surface area contributed by atoms with Crippen LogP contribution in [0.2, 0.25) is 0 Å². The van der Waals surface area contributed by atoms with Gasteiger partial charge in [-0.25, -0.2) is 12.7 Å². The summed E-state index contributed by atoms with van der Waals surface area (Å²) < 4.78 is 36.0. The van der Waals surface area contributed by atoms with Crippen LogP contribution in [-0.2, 0) is 26.0 Å². The molecule has 7 nitrogen and oxygen atoms in total. The fourth-order valence-corrected chi connectivity index (χ4v) is 4.17. The highest BCUT2D eigenvalue weighted by Crippen LogP contribution is 2.14. The highest BCUT2D eigenvalue weighted by Gasteiger charge is 2.26. The summed E-state index contributed by atoms with van der Waals surface area (Å²) in [6.07, 6.45) is 0.945. The van der Waals surface area contributed by atoms with E-state index in [1.165, 1.54) is 11.4 Å². The molecule has 0 unspecified atom stereocenters. The second-order valence-corrected chi connectivity index (χ2v) is 8.06. The van der Waals surface area contributed by atoms with Crippen molar-refractivity contribution in [2.45, 2.75) is 12.8 Å². The number of sulfonamides is 1. The maximum atomic E-state index is 12.5. The lowest BCUT2D eigenvalue weighted by Gasteiger charge is -2.22. The zero-order valence-electron chi connectivity index (χ0n) is 14.8. The molecule has 140 valence electrons. The van der Waals surface area contributed by atoms with Gasteiger partial charge in [0.15, 0.2) is 0 Å². The largest absolute Gasteiger partial charge is 0.497 e. The molecule has 25 heavy (non-hydrogen) atoms. The molecule has 2 rings (SSSR count). The van der Waals surface area contributed by atoms with E-state index in [0.717, 1.165) is 11.3 Å². The summed E-state index contributed by atoms with van der Waals surface area (Å²) >= 11 is 0. The standard InChI is InChI=1S/C17H26N2O5S/c1-23-12-13-25(21,22)19-9-3-8-18(10-11-19)17(20)14-15-4-6-16(24-2)7-5-15/h4-7H,3,8-14H2,1-2H3. The first-order valence-corrected chi connectivity index (χ1v) is 9.94. The van der Waals surface area contributed by atoms with Gasteiger partial charge < -0.3 is 14.4 Å². The molecule has 0 bridgehead atoms. The maximum absolute atomic E-state index is 12.5. The van der Waals surface area contributed by atoms with Gasteiger partial charge in [-0.15, -0.1) is 0 Å². The third-order valence-electron chi connectivity index (χ3n) is 4.26. The topological polar surface area (TPSA) is 76.2 Å². The Labute approximate surface area is 149 Å². The molecule has 0 radical (unpaired) electrons. The smallest absolute Gasteiger partial charge is 0.227 e. The lowest BCUT2D eigenvalue weighted by molar-refractivity contribution is -0.130. The van der Waals surface area contributed by atoms with Gasteiger partial charge in [0.25, 0.3) is 0 Å². The Morgan fingerprint density at radius 1 is 1.08 bits per heavy atom. The number of amides is 1. The summed E-state index contributed by atoms with van der Waals surface area (Å²) in [5.74, 6) is 0.743. The molecule has 1 aliphatic rings. The predicted molar refractivity (Wildman–Crippen MR) is 95.1 cm³/mol. The molecule has 1 aromatic rings. The molecule has 0 saturated carbocycles. The third kappa shape index (κ3) is 5.69. The first-order chi connectivity index (χ1) is 12.0. The zero-order valence-corrected chi connectivity index (χ0v) is 15.6. The minimum Gasteiger partial charge on any atom is -0.497 e. The lowest BCUT2D eigenvalue weighted by atomic mass is 10.1. The van der Waals surface area contributed by atoms with E-state index in [2.05, 4.69) is 0 Å². The molecule has 1 amide bonds. The van der Waals surface area contributed by atoms with Crippen LogP contribution in [0, 0.1) is 0 Å². The SMILES string of the molecule is COCCS(=O)(=O)N1CCCN(C(=O)Cc2ccc(OC)cc2)CC1.